The summed E-state index contributed by atoms with van der Waals surface area (Å²) in [5, 5.41) is 17.2. The maximum atomic E-state index is 13.0. The molecule has 146 valence electrons. The smallest absolute Gasteiger partial charge is 0.262 e. The number of hydrogen-bond acceptors (Lipinski definition) is 5. The van der Waals surface area contributed by atoms with E-state index < -0.39 is 0 Å². The predicted molar refractivity (Wildman–Crippen MR) is 112 cm³/mol. The maximum Gasteiger partial charge on any atom is 0.262 e. The van der Waals surface area contributed by atoms with E-state index in [2.05, 4.69) is 27.3 Å². The molecule has 28 heavy (non-hydrogen) atoms. The molecule has 0 atom stereocenters. The molecule has 1 N–H and O–H groups in total. The zero-order valence-corrected chi connectivity index (χ0v) is 16.8. The molecule has 0 radical (unpaired) electrons. The predicted octanol–water partition coefficient (Wildman–Crippen LogP) is 3.68. The van der Waals surface area contributed by atoms with Gasteiger partial charge in [-0.15, -0.1) is 10.2 Å². The summed E-state index contributed by atoms with van der Waals surface area (Å²) in [5.74, 6) is 1.56. The molecule has 8 heteroatoms. The number of fused-ring (bicyclic) bond motifs is 3. The molecule has 0 fully saturated rings. The van der Waals surface area contributed by atoms with Crippen LogP contribution in [0.5, 0.6) is 0 Å². The first-order chi connectivity index (χ1) is 13.8. The topological polar surface area (TPSA) is 80.9 Å². The second kappa shape index (κ2) is 8.60. The van der Waals surface area contributed by atoms with E-state index in [-0.39, 0.29) is 5.56 Å². The van der Waals surface area contributed by atoms with Crippen LogP contribution in [0.3, 0.4) is 0 Å². The second-order valence-electron chi connectivity index (χ2n) is 6.86. The first kappa shape index (κ1) is 18.7. The number of aryl methyl sites for hydroxylation is 2. The molecule has 0 bridgehead atoms. The Bertz CT molecular complexity index is 1120. The Labute approximate surface area is 167 Å². The van der Waals surface area contributed by atoms with E-state index in [1.807, 2.05) is 41.1 Å². The molecule has 7 nitrogen and oxygen atoms in total. The fourth-order valence-corrected chi connectivity index (χ4v) is 4.28. The number of para-hydroxylation sites is 1. The Morgan fingerprint density at radius 3 is 2.86 bits per heavy atom. The quantitative estimate of drug-likeness (QED) is 0.345. The highest BCUT2D eigenvalue weighted by molar-refractivity contribution is 7.99. The van der Waals surface area contributed by atoms with Gasteiger partial charge in [0.05, 0.1) is 17.1 Å². The average Bonchev–Trinajstić information content (AvgIpc) is 3.38. The Kier molecular flexibility index (Phi) is 5.76. The molecule has 3 aromatic heterocycles. The van der Waals surface area contributed by atoms with E-state index >= 15 is 0 Å². The van der Waals surface area contributed by atoms with Gasteiger partial charge >= 0.3 is 0 Å². The number of nitrogens with one attached hydrogen (secondary N) is 1. The van der Waals surface area contributed by atoms with E-state index in [9.17, 15) is 4.79 Å². The third-order valence-corrected chi connectivity index (χ3v) is 5.87. The van der Waals surface area contributed by atoms with Crippen LogP contribution in [0.1, 0.15) is 38.2 Å². The first-order valence-electron chi connectivity index (χ1n) is 9.76. The molecule has 0 amide bonds. The Morgan fingerprint density at radius 1 is 1.14 bits per heavy atom. The number of hydrogen-bond donors (Lipinski definition) is 1. The van der Waals surface area contributed by atoms with Crippen LogP contribution in [0.2, 0.25) is 0 Å². The molecule has 0 aliphatic carbocycles. The van der Waals surface area contributed by atoms with Crippen LogP contribution < -0.4 is 5.56 Å². The summed E-state index contributed by atoms with van der Waals surface area (Å²) >= 11 is 1.68. The Morgan fingerprint density at radius 2 is 2.04 bits per heavy atom. The van der Waals surface area contributed by atoms with Gasteiger partial charge < -0.3 is 0 Å². The molecule has 0 unspecified atom stereocenters. The molecular weight excluding hydrogens is 372 g/mol. The van der Waals surface area contributed by atoms with Crippen molar-refractivity contribution in [2.45, 2.75) is 50.7 Å². The molecule has 0 aliphatic heterocycles. The van der Waals surface area contributed by atoms with Crippen LogP contribution >= 0.6 is 11.8 Å². The van der Waals surface area contributed by atoms with Crippen molar-refractivity contribution in [3.05, 3.63) is 52.6 Å². The number of H-pyrrole nitrogens is 1. The van der Waals surface area contributed by atoms with Crippen LogP contribution in [-0.2, 0) is 13.0 Å². The number of benzene rings is 1. The highest BCUT2D eigenvalue weighted by atomic mass is 32.2. The summed E-state index contributed by atoms with van der Waals surface area (Å²) in [6.07, 6.45) is 8.96. The van der Waals surface area contributed by atoms with Crippen LogP contribution in [-0.4, -0.2) is 35.1 Å². The van der Waals surface area contributed by atoms with E-state index in [1.165, 1.54) is 5.56 Å². The molecule has 0 saturated carbocycles. The third kappa shape index (κ3) is 3.69. The van der Waals surface area contributed by atoms with Crippen molar-refractivity contribution in [1.29, 1.82) is 0 Å². The van der Waals surface area contributed by atoms with Gasteiger partial charge in [-0.3, -0.25) is 18.9 Å². The minimum atomic E-state index is 0.0168. The van der Waals surface area contributed by atoms with Crippen molar-refractivity contribution in [2.75, 3.05) is 5.75 Å². The first-order valence-corrected chi connectivity index (χ1v) is 10.7. The summed E-state index contributed by atoms with van der Waals surface area (Å²) < 4.78 is 3.81. The van der Waals surface area contributed by atoms with Crippen LogP contribution in [0.25, 0.3) is 16.7 Å². The molecule has 4 aromatic rings. The summed E-state index contributed by atoms with van der Waals surface area (Å²) in [6.45, 7) is 2.83. The van der Waals surface area contributed by atoms with Gasteiger partial charge in [-0.1, -0.05) is 43.7 Å². The van der Waals surface area contributed by atoms with Crippen molar-refractivity contribution in [2.24, 2.45) is 0 Å². The zero-order valence-electron chi connectivity index (χ0n) is 16.0. The van der Waals surface area contributed by atoms with Crippen molar-refractivity contribution in [3.63, 3.8) is 0 Å². The van der Waals surface area contributed by atoms with Gasteiger partial charge in [-0.25, -0.2) is 0 Å². The molecule has 1 aromatic carbocycles. The normalized spacial score (nSPS) is 11.6. The van der Waals surface area contributed by atoms with E-state index in [0.29, 0.717) is 17.7 Å². The Balaban J connectivity index is 1.65. The van der Waals surface area contributed by atoms with E-state index in [0.717, 1.165) is 48.5 Å². The van der Waals surface area contributed by atoms with E-state index in [4.69, 9.17) is 0 Å². The monoisotopic (exact) mass is 396 g/mol. The van der Waals surface area contributed by atoms with E-state index in [1.54, 1.807) is 16.3 Å². The van der Waals surface area contributed by atoms with Gasteiger partial charge in [-0.2, -0.15) is 5.10 Å². The number of rotatable bonds is 9. The molecule has 0 spiro atoms. The van der Waals surface area contributed by atoms with Crippen molar-refractivity contribution in [1.82, 2.24) is 29.4 Å². The minimum absolute atomic E-state index is 0.0168. The van der Waals surface area contributed by atoms with Crippen LogP contribution in [0, 0.1) is 0 Å². The fraction of sp³-hybridized carbons (Fsp3) is 0.400. The number of unbranched alkanes of at least 4 members (excludes halogenated alkanes) is 2. The summed E-state index contributed by atoms with van der Waals surface area (Å²) in [5.41, 5.74) is 2.10. The molecular formula is C20H24N6OS. The second-order valence-corrected chi connectivity index (χ2v) is 7.92. The lowest BCUT2D eigenvalue weighted by Crippen LogP contribution is -2.23. The average molecular weight is 397 g/mol. The van der Waals surface area contributed by atoms with Crippen LogP contribution in [0.4, 0.5) is 0 Å². The number of thioether (sulfide) groups is 1. The Hall–Kier alpha value is -2.61. The van der Waals surface area contributed by atoms with Crippen molar-refractivity contribution >= 4 is 28.4 Å². The lowest BCUT2D eigenvalue weighted by Gasteiger charge is -2.11. The fourth-order valence-electron chi connectivity index (χ4n) is 3.40. The summed E-state index contributed by atoms with van der Waals surface area (Å²) in [7, 11) is 0. The number of aromatic nitrogens is 6. The standard InChI is InChI=1S/C20H24N6OS/c1-2-3-6-11-25-18(27)16-9-4-5-10-17(16)26-19(25)23-24-20(26)28-12-7-8-15-13-21-22-14-15/h4-5,9-10,13-14H,2-3,6-8,11-12H2,1H3,(H,21,22). The number of aromatic amines is 1. The van der Waals surface area contributed by atoms with Gasteiger partial charge in [0.1, 0.15) is 0 Å². The molecule has 4 rings (SSSR count). The SMILES string of the molecule is CCCCCn1c(=O)c2ccccc2n2c(SCCCc3cn[nH]c3)nnc12. The van der Waals surface area contributed by atoms with Gasteiger partial charge in [0.15, 0.2) is 5.16 Å². The van der Waals surface area contributed by atoms with Crippen molar-refractivity contribution < 1.29 is 0 Å². The molecule has 0 aliphatic rings. The molecule has 3 heterocycles. The minimum Gasteiger partial charge on any atom is -0.285 e. The third-order valence-electron chi connectivity index (χ3n) is 4.86. The number of nitrogens with zero attached hydrogens (tertiary/aromatic N) is 5. The highest BCUT2D eigenvalue weighted by Gasteiger charge is 2.16. The van der Waals surface area contributed by atoms with Gasteiger partial charge in [-0.05, 0) is 37.0 Å². The van der Waals surface area contributed by atoms with Crippen molar-refractivity contribution in [3.8, 4) is 0 Å². The summed E-state index contributed by atoms with van der Waals surface area (Å²) in [6, 6.07) is 7.73. The van der Waals surface area contributed by atoms with Gasteiger partial charge in [0.2, 0.25) is 5.78 Å². The van der Waals surface area contributed by atoms with Gasteiger partial charge in [0, 0.05) is 18.5 Å². The zero-order chi connectivity index (χ0) is 19.3. The highest BCUT2D eigenvalue weighted by Crippen LogP contribution is 2.22. The largest absolute Gasteiger partial charge is 0.285 e. The molecule has 0 saturated heterocycles. The summed E-state index contributed by atoms with van der Waals surface area (Å²) in [4.78, 5) is 13.0. The van der Waals surface area contributed by atoms with Crippen LogP contribution in [0.15, 0.2) is 46.6 Å². The van der Waals surface area contributed by atoms with Gasteiger partial charge in [0.25, 0.3) is 5.56 Å². The maximum absolute atomic E-state index is 13.0. The lowest BCUT2D eigenvalue weighted by molar-refractivity contribution is 0.594. The lowest BCUT2D eigenvalue weighted by atomic mass is 10.2.